The Kier molecular flexibility index (Phi) is 11.6. The van der Waals surface area contributed by atoms with Crippen LogP contribution >= 0.6 is 0 Å². The van der Waals surface area contributed by atoms with E-state index in [1.54, 1.807) is 18.2 Å². The number of carbonyl (C=O) groups excluding carboxylic acids is 4. The van der Waals surface area contributed by atoms with Crippen LogP contribution in [0.1, 0.15) is 76.3 Å². The fourth-order valence-corrected chi connectivity index (χ4v) is 9.14. The van der Waals surface area contributed by atoms with E-state index in [9.17, 15) is 19.2 Å². The van der Waals surface area contributed by atoms with E-state index in [0.29, 0.717) is 44.4 Å². The van der Waals surface area contributed by atoms with Gasteiger partial charge in [-0.05, 0) is 77.4 Å². The van der Waals surface area contributed by atoms with Crippen LogP contribution in [-0.2, 0) is 30.4 Å². The number of ether oxygens (including phenoxy) is 4. The summed E-state index contributed by atoms with van der Waals surface area (Å²) in [5.41, 5.74) is 6.51. The predicted octanol–water partition coefficient (Wildman–Crippen LogP) is 6.63. The van der Waals surface area contributed by atoms with Gasteiger partial charge in [0.15, 0.2) is 0 Å². The zero-order chi connectivity index (χ0) is 43.1. The number of carbonyl (C=O) groups is 4. The molecule has 5 atom stereocenters. The minimum atomic E-state index is -0.761. The summed E-state index contributed by atoms with van der Waals surface area (Å²) >= 11 is 0. The second kappa shape index (κ2) is 17.1. The number of methoxy groups -OCH3 is 3. The molecule has 3 aromatic carbocycles. The molecule has 0 saturated carbocycles. The van der Waals surface area contributed by atoms with Crippen molar-refractivity contribution in [2.24, 2.45) is 17.8 Å². The zero-order valence-corrected chi connectivity index (χ0v) is 35.7. The Hall–Kier alpha value is -6.16. The molecule has 5 heterocycles. The predicted molar refractivity (Wildman–Crippen MR) is 227 cm³/mol. The summed E-state index contributed by atoms with van der Waals surface area (Å²) in [6.45, 7) is 9.51. The fraction of sp³-hybridized carbons (Fsp3) is 0.467. The van der Waals surface area contributed by atoms with E-state index in [0.717, 1.165) is 68.3 Å². The second-order valence-electron chi connectivity index (χ2n) is 17.0. The Morgan fingerprint density at radius 3 is 2.26 bits per heavy atom. The standard InChI is InChI=1S/C45H54N8O8/c1-23(2)37(50-44(56)59-6)42(54)52-14-8-9-34(52)40-46-19-33(48-40)27-10-12-29-28(16-27)22-61-36-18-30-26(17-31(29)36)11-13-32-39(30)49-41(47-32)35-15-25(21-58-5)20-53(35)43(55)38(24(3)4)51-45(57)60-7/h10-13,16-19,23-25,34-35,37-38H,8-9,14-15,20-22H2,1-7H3,(H,46,48)(H,47,49)(H,50,56)(H,51,57)/t25-,34-,35?,37-,38-/m0/s1. The minimum Gasteiger partial charge on any atom is -0.488 e. The first kappa shape index (κ1) is 41.6. The number of benzene rings is 3. The molecular weight excluding hydrogens is 781 g/mol. The lowest BCUT2D eigenvalue weighted by molar-refractivity contribution is -0.136. The molecule has 0 radical (unpaired) electrons. The van der Waals surface area contributed by atoms with E-state index in [1.165, 1.54) is 14.2 Å². The molecular formula is C45H54N8O8. The summed E-state index contributed by atoms with van der Waals surface area (Å²) in [6.07, 6.45) is 2.77. The molecule has 61 heavy (non-hydrogen) atoms. The summed E-state index contributed by atoms with van der Waals surface area (Å²) in [5.74, 6) is 1.61. The van der Waals surface area contributed by atoms with Crippen molar-refractivity contribution in [1.82, 2.24) is 40.4 Å². The zero-order valence-electron chi connectivity index (χ0n) is 35.7. The first-order valence-corrected chi connectivity index (χ1v) is 21.0. The van der Waals surface area contributed by atoms with Crippen LogP contribution in [0.25, 0.3) is 44.2 Å². The van der Waals surface area contributed by atoms with Crippen LogP contribution in [0.3, 0.4) is 0 Å². The normalized spacial score (nSPS) is 19.5. The SMILES string of the molecule is COC[C@H]1CC(c2nc3c(ccc4cc5c(cc43)OCc3cc(-c4cnc([C@@H]6CCCN6C(=O)[C@@H](NC(=O)OC)C(C)C)[nH]4)ccc3-5)[nH]2)N(C(=O)[C@@H](NC(=O)OC)C(C)C)C1. The van der Waals surface area contributed by atoms with E-state index in [2.05, 4.69) is 57.0 Å². The third-order valence-corrected chi connectivity index (χ3v) is 12.3. The molecule has 3 aliphatic heterocycles. The Balaban J connectivity index is 1.05. The van der Waals surface area contributed by atoms with E-state index in [4.69, 9.17) is 28.9 Å². The molecule has 5 aromatic rings. The molecule has 16 nitrogen and oxygen atoms in total. The number of imidazole rings is 2. The number of H-pyrrole nitrogens is 2. The van der Waals surface area contributed by atoms with Gasteiger partial charge in [-0.25, -0.2) is 19.6 Å². The molecule has 2 fully saturated rings. The molecule has 322 valence electrons. The van der Waals surface area contributed by atoms with Gasteiger partial charge in [0, 0.05) is 37.1 Å². The monoisotopic (exact) mass is 834 g/mol. The van der Waals surface area contributed by atoms with Crippen molar-refractivity contribution < 1.29 is 38.1 Å². The van der Waals surface area contributed by atoms with Crippen LogP contribution in [0.15, 0.2) is 48.7 Å². The number of amides is 4. The molecule has 0 spiro atoms. The smallest absolute Gasteiger partial charge is 0.407 e. The minimum absolute atomic E-state index is 0.0975. The summed E-state index contributed by atoms with van der Waals surface area (Å²) in [7, 11) is 4.23. The Bertz CT molecular complexity index is 2480. The van der Waals surface area contributed by atoms with Crippen LogP contribution in [0, 0.1) is 17.8 Å². The van der Waals surface area contributed by atoms with Gasteiger partial charge in [-0.2, -0.15) is 0 Å². The molecule has 2 saturated heterocycles. The van der Waals surface area contributed by atoms with Crippen molar-refractivity contribution in [3.63, 3.8) is 0 Å². The Morgan fingerprint density at radius 2 is 1.57 bits per heavy atom. The number of aromatic amines is 2. The number of hydrogen-bond acceptors (Lipinski definition) is 10. The number of alkyl carbamates (subject to hydrolysis) is 2. The number of likely N-dealkylation sites (tertiary alicyclic amines) is 2. The number of hydrogen-bond donors (Lipinski definition) is 4. The van der Waals surface area contributed by atoms with Gasteiger partial charge in [-0.1, -0.05) is 45.9 Å². The molecule has 8 rings (SSSR count). The van der Waals surface area contributed by atoms with E-state index >= 15 is 0 Å². The third kappa shape index (κ3) is 7.96. The van der Waals surface area contributed by atoms with E-state index < -0.39 is 24.3 Å². The number of rotatable bonds is 11. The Labute approximate surface area is 354 Å². The van der Waals surface area contributed by atoms with Crippen molar-refractivity contribution in [3.8, 4) is 28.1 Å². The molecule has 3 aliphatic rings. The van der Waals surface area contributed by atoms with Gasteiger partial charge < -0.3 is 49.3 Å². The van der Waals surface area contributed by atoms with Gasteiger partial charge in [0.05, 0.1) is 55.8 Å². The lowest BCUT2D eigenvalue weighted by atomic mass is 9.92. The maximum absolute atomic E-state index is 14.1. The average molecular weight is 835 g/mol. The second-order valence-corrected chi connectivity index (χ2v) is 17.0. The summed E-state index contributed by atoms with van der Waals surface area (Å²) in [5, 5.41) is 7.37. The quantitative estimate of drug-likeness (QED) is 0.112. The van der Waals surface area contributed by atoms with Crippen molar-refractivity contribution in [3.05, 3.63) is 65.9 Å². The van der Waals surface area contributed by atoms with Crippen molar-refractivity contribution in [1.29, 1.82) is 0 Å². The lowest BCUT2D eigenvalue weighted by Gasteiger charge is -2.30. The number of aromatic nitrogens is 4. The van der Waals surface area contributed by atoms with Crippen LogP contribution in [0.4, 0.5) is 9.59 Å². The molecule has 2 aromatic heterocycles. The van der Waals surface area contributed by atoms with Crippen molar-refractivity contribution in [2.75, 3.05) is 41.0 Å². The van der Waals surface area contributed by atoms with Crippen molar-refractivity contribution >= 4 is 45.8 Å². The summed E-state index contributed by atoms with van der Waals surface area (Å²) in [4.78, 5) is 72.4. The highest BCUT2D eigenvalue weighted by Gasteiger charge is 2.42. The molecule has 4 amide bonds. The van der Waals surface area contributed by atoms with Crippen LogP contribution in [0.2, 0.25) is 0 Å². The lowest BCUT2D eigenvalue weighted by Crippen LogP contribution is -2.51. The highest BCUT2D eigenvalue weighted by molar-refractivity contribution is 6.07. The van der Waals surface area contributed by atoms with Crippen LogP contribution < -0.4 is 15.4 Å². The molecule has 0 aliphatic carbocycles. The fourth-order valence-electron chi connectivity index (χ4n) is 9.14. The third-order valence-electron chi connectivity index (χ3n) is 12.3. The molecule has 0 bridgehead atoms. The summed E-state index contributed by atoms with van der Waals surface area (Å²) < 4.78 is 21.5. The van der Waals surface area contributed by atoms with E-state index in [-0.39, 0.29) is 41.7 Å². The van der Waals surface area contributed by atoms with Gasteiger partial charge in [-0.15, -0.1) is 0 Å². The highest BCUT2D eigenvalue weighted by atomic mass is 16.5. The molecule has 16 heteroatoms. The Morgan fingerprint density at radius 1 is 0.852 bits per heavy atom. The first-order chi connectivity index (χ1) is 29.4. The largest absolute Gasteiger partial charge is 0.488 e. The first-order valence-electron chi connectivity index (χ1n) is 21.0. The molecule has 1 unspecified atom stereocenters. The average Bonchev–Trinajstić information content (AvgIpc) is 4.09. The van der Waals surface area contributed by atoms with Gasteiger partial charge in [0.25, 0.3) is 0 Å². The van der Waals surface area contributed by atoms with Gasteiger partial charge in [0.2, 0.25) is 11.8 Å². The van der Waals surface area contributed by atoms with Gasteiger partial charge >= 0.3 is 12.2 Å². The molecule has 4 N–H and O–H groups in total. The van der Waals surface area contributed by atoms with Gasteiger partial charge in [0.1, 0.15) is 36.1 Å². The van der Waals surface area contributed by atoms with E-state index in [1.807, 2.05) is 38.7 Å². The number of fused-ring (bicyclic) bond motifs is 6. The maximum Gasteiger partial charge on any atom is 0.407 e. The number of nitrogens with zero attached hydrogens (tertiary/aromatic N) is 4. The van der Waals surface area contributed by atoms with Gasteiger partial charge in [-0.3, -0.25) is 9.59 Å². The van der Waals surface area contributed by atoms with Crippen LogP contribution in [0.5, 0.6) is 5.75 Å². The highest BCUT2D eigenvalue weighted by Crippen LogP contribution is 2.44. The topological polar surface area (TPSA) is 193 Å². The number of nitrogens with one attached hydrogen (secondary N) is 4. The van der Waals surface area contributed by atoms with Crippen LogP contribution in [-0.4, -0.2) is 107 Å². The summed E-state index contributed by atoms with van der Waals surface area (Å²) in [6, 6.07) is 12.5. The maximum atomic E-state index is 14.1. The van der Waals surface area contributed by atoms with Crippen molar-refractivity contribution in [2.45, 2.75) is 77.7 Å².